The molecule has 0 amide bonds. The highest BCUT2D eigenvalue weighted by atomic mass is 79.9. The van der Waals surface area contributed by atoms with Crippen LogP contribution < -0.4 is 0 Å². The fraction of sp³-hybridized carbons (Fsp3) is 0.333. The molecule has 0 bridgehead atoms. The first-order chi connectivity index (χ1) is 8.61. The zero-order valence-electron chi connectivity index (χ0n) is 9.82. The molecule has 0 aliphatic heterocycles. The van der Waals surface area contributed by atoms with Crippen molar-refractivity contribution in [1.29, 1.82) is 0 Å². The van der Waals surface area contributed by atoms with Gasteiger partial charge in [0, 0.05) is 23.4 Å². The minimum Gasteiger partial charge on any atom is -0.335 e. The number of thiophene rings is 1. The molecule has 2 heterocycles. The summed E-state index contributed by atoms with van der Waals surface area (Å²) in [6.07, 6.45) is 5.06. The summed E-state index contributed by atoms with van der Waals surface area (Å²) in [6.45, 7) is 3.01. The van der Waals surface area contributed by atoms with Crippen LogP contribution in [-0.4, -0.2) is 15.3 Å². The van der Waals surface area contributed by atoms with Crippen LogP contribution in [0.15, 0.2) is 26.7 Å². The zero-order valence-corrected chi connectivity index (χ0v) is 13.8. The number of halogens is 2. The van der Waals surface area contributed by atoms with Crippen LogP contribution in [0.25, 0.3) is 0 Å². The van der Waals surface area contributed by atoms with Crippen LogP contribution in [0.2, 0.25) is 0 Å². The van der Waals surface area contributed by atoms with E-state index in [1.165, 1.54) is 11.3 Å². The first-order valence-electron chi connectivity index (χ1n) is 5.60. The van der Waals surface area contributed by atoms with E-state index >= 15 is 0 Å². The van der Waals surface area contributed by atoms with Crippen molar-refractivity contribution in [3.8, 4) is 0 Å². The SMILES string of the molecule is CCCn1ccnc1CC(=O)c1cc(Br)c(Br)s1. The van der Waals surface area contributed by atoms with Gasteiger partial charge in [-0.3, -0.25) is 4.79 Å². The van der Waals surface area contributed by atoms with Crippen LogP contribution in [0.3, 0.4) is 0 Å². The van der Waals surface area contributed by atoms with E-state index in [2.05, 4.69) is 43.8 Å². The van der Waals surface area contributed by atoms with Crippen molar-refractivity contribution in [3.63, 3.8) is 0 Å². The highest BCUT2D eigenvalue weighted by Crippen LogP contribution is 2.32. The molecule has 6 heteroatoms. The molecule has 18 heavy (non-hydrogen) atoms. The molecule has 0 aliphatic rings. The molecular formula is C12H12Br2N2OS. The molecule has 2 aromatic heterocycles. The lowest BCUT2D eigenvalue weighted by molar-refractivity contribution is 0.0993. The molecule has 3 nitrogen and oxygen atoms in total. The lowest BCUT2D eigenvalue weighted by Gasteiger charge is -2.04. The molecular weight excluding hydrogens is 380 g/mol. The van der Waals surface area contributed by atoms with Crippen molar-refractivity contribution in [3.05, 3.63) is 37.4 Å². The van der Waals surface area contributed by atoms with Gasteiger partial charge < -0.3 is 4.57 Å². The minimum absolute atomic E-state index is 0.106. The van der Waals surface area contributed by atoms with Crippen LogP contribution in [0.5, 0.6) is 0 Å². The molecule has 2 rings (SSSR count). The van der Waals surface area contributed by atoms with E-state index in [0.29, 0.717) is 6.42 Å². The van der Waals surface area contributed by atoms with Gasteiger partial charge in [-0.2, -0.15) is 0 Å². The van der Waals surface area contributed by atoms with Crippen LogP contribution >= 0.6 is 43.2 Å². The highest BCUT2D eigenvalue weighted by Gasteiger charge is 2.15. The number of aryl methyl sites for hydroxylation is 1. The predicted molar refractivity (Wildman–Crippen MR) is 80.3 cm³/mol. The van der Waals surface area contributed by atoms with E-state index < -0.39 is 0 Å². The Kier molecular flexibility index (Phi) is 4.75. The van der Waals surface area contributed by atoms with Crippen molar-refractivity contribution < 1.29 is 4.79 Å². The van der Waals surface area contributed by atoms with E-state index in [9.17, 15) is 4.79 Å². The molecule has 0 N–H and O–H groups in total. The van der Waals surface area contributed by atoms with E-state index in [4.69, 9.17) is 0 Å². The van der Waals surface area contributed by atoms with Crippen molar-refractivity contribution in [2.24, 2.45) is 0 Å². The first-order valence-corrected chi connectivity index (χ1v) is 8.00. The van der Waals surface area contributed by atoms with Crippen molar-refractivity contribution >= 4 is 49.0 Å². The third-order valence-corrected chi connectivity index (χ3v) is 5.80. The Morgan fingerprint density at radius 3 is 2.89 bits per heavy atom. The smallest absolute Gasteiger partial charge is 0.180 e. The number of aromatic nitrogens is 2. The summed E-state index contributed by atoms with van der Waals surface area (Å²) in [5.41, 5.74) is 0. The number of hydrogen-bond donors (Lipinski definition) is 0. The van der Waals surface area contributed by atoms with Gasteiger partial charge in [0.05, 0.1) is 15.1 Å². The number of ketones is 1. The van der Waals surface area contributed by atoms with E-state index in [0.717, 1.165) is 31.9 Å². The van der Waals surface area contributed by atoms with Gasteiger partial charge >= 0.3 is 0 Å². The summed E-state index contributed by atoms with van der Waals surface area (Å²) in [4.78, 5) is 17.2. The molecule has 0 fully saturated rings. The lowest BCUT2D eigenvalue weighted by Crippen LogP contribution is -2.09. The summed E-state index contributed by atoms with van der Waals surface area (Å²) in [5.74, 6) is 0.942. The van der Waals surface area contributed by atoms with Crippen LogP contribution in [0.1, 0.15) is 28.8 Å². The standard InChI is InChI=1S/C12H12Br2N2OS/c1-2-4-16-5-3-15-11(16)7-9(17)10-6-8(13)12(14)18-10/h3,5-6H,2,4,7H2,1H3. The average Bonchev–Trinajstić information content (AvgIpc) is 2.88. The normalized spacial score (nSPS) is 10.8. The number of carbonyl (C=O) groups is 1. The van der Waals surface area contributed by atoms with Crippen LogP contribution in [0, 0.1) is 0 Å². The lowest BCUT2D eigenvalue weighted by atomic mass is 10.2. The molecule has 0 aliphatic carbocycles. The first kappa shape index (κ1) is 14.0. The van der Waals surface area contributed by atoms with Gasteiger partial charge in [-0.05, 0) is 44.3 Å². The van der Waals surface area contributed by atoms with E-state index in [-0.39, 0.29) is 5.78 Å². The number of Topliss-reactive ketones (excluding diaryl/α,β-unsaturated/α-hetero) is 1. The number of nitrogens with zero attached hydrogens (tertiary/aromatic N) is 2. The minimum atomic E-state index is 0.106. The maximum Gasteiger partial charge on any atom is 0.180 e. The van der Waals surface area contributed by atoms with Gasteiger partial charge in [0.2, 0.25) is 0 Å². The molecule has 0 saturated carbocycles. The molecule has 0 saturated heterocycles. The number of hydrogen-bond acceptors (Lipinski definition) is 3. The second kappa shape index (κ2) is 6.12. The van der Waals surface area contributed by atoms with E-state index in [1.54, 1.807) is 6.20 Å². The second-order valence-corrected chi connectivity index (χ2v) is 7.09. The van der Waals surface area contributed by atoms with Crippen LogP contribution in [0.4, 0.5) is 0 Å². The van der Waals surface area contributed by atoms with Gasteiger partial charge in [0.15, 0.2) is 5.78 Å². The Balaban J connectivity index is 2.13. The number of rotatable bonds is 5. The van der Waals surface area contributed by atoms with E-state index in [1.807, 2.05) is 16.8 Å². The maximum atomic E-state index is 12.1. The maximum absolute atomic E-state index is 12.1. The summed E-state index contributed by atoms with van der Waals surface area (Å²) in [7, 11) is 0. The molecule has 0 aromatic carbocycles. The molecule has 0 unspecified atom stereocenters. The average molecular weight is 392 g/mol. The fourth-order valence-corrected chi connectivity index (χ4v) is 3.64. The Labute approximate surface area is 126 Å². The number of imidazole rings is 1. The van der Waals surface area contributed by atoms with Crippen molar-refractivity contribution in [1.82, 2.24) is 9.55 Å². The molecule has 96 valence electrons. The monoisotopic (exact) mass is 390 g/mol. The second-order valence-electron chi connectivity index (χ2n) is 3.87. The largest absolute Gasteiger partial charge is 0.335 e. The molecule has 2 aromatic rings. The Hall–Kier alpha value is -0.460. The zero-order chi connectivity index (χ0) is 13.1. The highest BCUT2D eigenvalue weighted by molar-refractivity contribution is 9.13. The Morgan fingerprint density at radius 1 is 1.50 bits per heavy atom. The Morgan fingerprint density at radius 2 is 2.28 bits per heavy atom. The molecule has 0 radical (unpaired) electrons. The summed E-state index contributed by atoms with van der Waals surface area (Å²) < 4.78 is 3.91. The van der Waals surface area contributed by atoms with Gasteiger partial charge in [0.1, 0.15) is 5.82 Å². The van der Waals surface area contributed by atoms with Gasteiger partial charge in [0.25, 0.3) is 0 Å². The summed E-state index contributed by atoms with van der Waals surface area (Å²) in [5, 5.41) is 0. The van der Waals surface area contributed by atoms with Crippen molar-refractivity contribution in [2.75, 3.05) is 0 Å². The summed E-state index contributed by atoms with van der Waals surface area (Å²) >= 11 is 8.24. The fourth-order valence-electron chi connectivity index (χ4n) is 1.67. The van der Waals surface area contributed by atoms with Gasteiger partial charge in [-0.15, -0.1) is 11.3 Å². The Bertz CT molecular complexity index is 543. The predicted octanol–water partition coefficient (Wildman–Crippen LogP) is 4.31. The van der Waals surface area contributed by atoms with Crippen LogP contribution in [-0.2, 0) is 13.0 Å². The quantitative estimate of drug-likeness (QED) is 0.712. The topological polar surface area (TPSA) is 34.9 Å². The third kappa shape index (κ3) is 3.10. The molecule has 0 spiro atoms. The third-order valence-electron chi connectivity index (χ3n) is 2.50. The number of carbonyl (C=O) groups excluding carboxylic acids is 1. The van der Waals surface area contributed by atoms with Gasteiger partial charge in [-0.1, -0.05) is 6.92 Å². The molecule has 0 atom stereocenters. The summed E-state index contributed by atoms with van der Waals surface area (Å²) in [6, 6.07) is 1.85. The van der Waals surface area contributed by atoms with Crippen molar-refractivity contribution in [2.45, 2.75) is 26.3 Å². The van der Waals surface area contributed by atoms with Gasteiger partial charge in [-0.25, -0.2) is 4.98 Å².